The van der Waals surface area contributed by atoms with Crippen molar-refractivity contribution in [2.75, 3.05) is 6.61 Å². The molecule has 190 valence electrons. The molecule has 0 unspecified atom stereocenters. The lowest BCUT2D eigenvalue weighted by molar-refractivity contribution is -0.384. The predicted molar refractivity (Wildman–Crippen MR) is 152 cm³/mol. The molecule has 0 aromatic heterocycles. The average molecular weight is 620 g/mol. The number of benzene rings is 4. The number of hydrogen-bond acceptors (Lipinski definition) is 7. The lowest BCUT2D eigenvalue weighted by Gasteiger charge is -2.15. The Kier molecular flexibility index (Phi) is 7.36. The highest BCUT2D eigenvalue weighted by molar-refractivity contribution is 14.1. The Morgan fingerprint density at radius 1 is 1.00 bits per heavy atom. The summed E-state index contributed by atoms with van der Waals surface area (Å²) in [5, 5.41) is 13.0. The Bertz CT molecular complexity index is 1610. The number of ether oxygens (including phenoxy) is 3. The third kappa shape index (κ3) is 5.52. The fourth-order valence-corrected chi connectivity index (χ4v) is 4.74. The van der Waals surface area contributed by atoms with E-state index >= 15 is 0 Å². The van der Waals surface area contributed by atoms with Crippen molar-refractivity contribution >= 4 is 57.0 Å². The minimum absolute atomic E-state index is 0.0209. The van der Waals surface area contributed by atoms with Gasteiger partial charge in [-0.1, -0.05) is 30.3 Å². The molecule has 0 saturated carbocycles. The molecule has 1 aliphatic heterocycles. The third-order valence-corrected chi connectivity index (χ3v) is 6.58. The molecule has 0 N–H and O–H groups in total. The van der Waals surface area contributed by atoms with Gasteiger partial charge in [0.15, 0.2) is 17.2 Å². The zero-order chi connectivity index (χ0) is 26.6. The number of rotatable bonds is 8. The van der Waals surface area contributed by atoms with E-state index in [1.807, 2.05) is 55.5 Å². The summed E-state index contributed by atoms with van der Waals surface area (Å²) in [7, 11) is 0. The Morgan fingerprint density at radius 3 is 2.50 bits per heavy atom. The average Bonchev–Trinajstić information content (AvgIpc) is 3.28. The van der Waals surface area contributed by atoms with Crippen molar-refractivity contribution in [1.29, 1.82) is 0 Å². The molecule has 4 aromatic rings. The lowest BCUT2D eigenvalue weighted by atomic mass is 10.1. The van der Waals surface area contributed by atoms with E-state index in [0.29, 0.717) is 23.7 Å². The summed E-state index contributed by atoms with van der Waals surface area (Å²) in [4.78, 5) is 27.5. The van der Waals surface area contributed by atoms with E-state index in [2.05, 4.69) is 27.6 Å². The Labute approximate surface area is 231 Å². The number of hydrogen-bond donors (Lipinski definition) is 0. The van der Waals surface area contributed by atoms with E-state index in [1.54, 1.807) is 24.3 Å². The Morgan fingerprint density at radius 2 is 1.76 bits per heavy atom. The largest absolute Gasteiger partial charge is 0.490 e. The van der Waals surface area contributed by atoms with Crippen LogP contribution in [0.1, 0.15) is 23.6 Å². The van der Waals surface area contributed by atoms with Crippen LogP contribution < -0.4 is 9.47 Å². The molecule has 1 heterocycles. The topological polar surface area (TPSA) is 100 Å². The molecule has 38 heavy (non-hydrogen) atoms. The maximum Gasteiger partial charge on any atom is 0.363 e. The van der Waals surface area contributed by atoms with E-state index in [9.17, 15) is 14.9 Å². The molecule has 4 aromatic carbocycles. The van der Waals surface area contributed by atoms with Crippen LogP contribution in [0, 0.1) is 13.7 Å². The molecule has 9 heteroatoms. The van der Waals surface area contributed by atoms with Crippen molar-refractivity contribution in [3.63, 3.8) is 0 Å². The molecular weight excluding hydrogens is 599 g/mol. The highest BCUT2D eigenvalue weighted by Crippen LogP contribution is 2.36. The fourth-order valence-electron chi connectivity index (χ4n) is 3.96. The first-order valence-electron chi connectivity index (χ1n) is 11.8. The van der Waals surface area contributed by atoms with Gasteiger partial charge in [-0.3, -0.25) is 10.1 Å². The molecule has 0 fully saturated rings. The van der Waals surface area contributed by atoms with Gasteiger partial charge >= 0.3 is 5.97 Å². The van der Waals surface area contributed by atoms with Crippen molar-refractivity contribution in [3.8, 4) is 11.5 Å². The van der Waals surface area contributed by atoms with Gasteiger partial charge in [0.1, 0.15) is 6.61 Å². The molecule has 0 amide bonds. The minimum atomic E-state index is -0.528. The summed E-state index contributed by atoms with van der Waals surface area (Å²) in [5.74, 6) is 0.787. The zero-order valence-electron chi connectivity index (χ0n) is 20.2. The summed E-state index contributed by atoms with van der Waals surface area (Å²) in [6.07, 6.45) is 1.65. The van der Waals surface area contributed by atoms with Crippen LogP contribution in [0.3, 0.4) is 0 Å². The molecule has 0 bridgehead atoms. The van der Waals surface area contributed by atoms with Crippen LogP contribution in [0.5, 0.6) is 11.5 Å². The zero-order valence-corrected chi connectivity index (χ0v) is 22.4. The van der Waals surface area contributed by atoms with Gasteiger partial charge in [-0.05, 0) is 93.9 Å². The van der Waals surface area contributed by atoms with E-state index in [1.165, 1.54) is 12.1 Å². The van der Waals surface area contributed by atoms with Crippen molar-refractivity contribution in [3.05, 3.63) is 115 Å². The number of cyclic esters (lactones) is 1. The predicted octanol–water partition coefficient (Wildman–Crippen LogP) is 6.67. The Hall–Kier alpha value is -4.25. The first-order valence-corrected chi connectivity index (χ1v) is 12.8. The first kappa shape index (κ1) is 25.4. The molecule has 5 rings (SSSR count). The van der Waals surface area contributed by atoms with Gasteiger partial charge in [-0.25, -0.2) is 9.79 Å². The maximum absolute atomic E-state index is 12.6. The first-order chi connectivity index (χ1) is 18.4. The number of esters is 1. The van der Waals surface area contributed by atoms with E-state index < -0.39 is 10.9 Å². The van der Waals surface area contributed by atoms with Gasteiger partial charge < -0.3 is 14.2 Å². The van der Waals surface area contributed by atoms with Gasteiger partial charge in [0.05, 0.1) is 15.1 Å². The molecule has 0 radical (unpaired) electrons. The summed E-state index contributed by atoms with van der Waals surface area (Å²) in [5.41, 5.74) is 2.42. The second kappa shape index (κ2) is 11.0. The molecular formula is C29H21IN2O6. The van der Waals surface area contributed by atoms with E-state index in [4.69, 9.17) is 14.2 Å². The van der Waals surface area contributed by atoms with Gasteiger partial charge in [0, 0.05) is 17.7 Å². The van der Waals surface area contributed by atoms with Crippen LogP contribution >= 0.6 is 22.6 Å². The molecule has 1 aliphatic rings. The van der Waals surface area contributed by atoms with Gasteiger partial charge in [0.25, 0.3) is 5.69 Å². The van der Waals surface area contributed by atoms with Crippen LogP contribution in [0.4, 0.5) is 5.69 Å². The second-order valence-electron chi connectivity index (χ2n) is 8.37. The maximum atomic E-state index is 12.6. The van der Waals surface area contributed by atoms with Crippen LogP contribution in [0.25, 0.3) is 16.8 Å². The van der Waals surface area contributed by atoms with Crippen LogP contribution in [0.2, 0.25) is 0 Å². The number of nitrogens with zero attached hydrogens (tertiary/aromatic N) is 2. The van der Waals surface area contributed by atoms with Crippen molar-refractivity contribution in [2.24, 2.45) is 4.99 Å². The quantitative estimate of drug-likeness (QED) is 0.0717. The van der Waals surface area contributed by atoms with Gasteiger partial charge in [-0.15, -0.1) is 0 Å². The smallest absolute Gasteiger partial charge is 0.363 e. The van der Waals surface area contributed by atoms with Crippen LogP contribution in [0.15, 0.2) is 89.6 Å². The SMILES string of the molecule is CCOc1cc(/C=C2\N=C(c3ccc4ccccc4c3)OC2=O)cc(I)c1OCc1ccc([N+](=O)[O-])cc1. The third-order valence-electron chi connectivity index (χ3n) is 5.78. The van der Waals surface area contributed by atoms with Gasteiger partial charge in [-0.2, -0.15) is 0 Å². The number of carbonyl (C=O) groups excluding carboxylic acids is 1. The standard InChI is InChI=1S/C29H21IN2O6/c1-2-36-26-15-19(13-24(30)27(26)37-17-18-7-11-23(12-8-18)32(34)35)14-25-29(33)38-28(31-25)22-10-9-20-5-3-4-6-21(20)16-22/h3-16H,2,17H2,1H3/b25-14-. The van der Waals surface area contributed by atoms with E-state index in [-0.39, 0.29) is 23.9 Å². The highest BCUT2D eigenvalue weighted by atomic mass is 127. The number of nitro benzene ring substituents is 1. The van der Waals surface area contributed by atoms with E-state index in [0.717, 1.165) is 25.5 Å². The summed E-state index contributed by atoms with van der Waals surface area (Å²) >= 11 is 2.15. The summed E-state index contributed by atoms with van der Waals surface area (Å²) in [6, 6.07) is 23.6. The van der Waals surface area contributed by atoms with Gasteiger partial charge in [0.2, 0.25) is 5.90 Å². The number of non-ortho nitro benzene ring substituents is 1. The monoisotopic (exact) mass is 620 g/mol. The second-order valence-corrected chi connectivity index (χ2v) is 9.54. The highest BCUT2D eigenvalue weighted by Gasteiger charge is 2.25. The summed E-state index contributed by atoms with van der Waals surface area (Å²) in [6.45, 7) is 2.49. The number of aliphatic imine (C=N–C) groups is 1. The molecule has 0 saturated heterocycles. The number of fused-ring (bicyclic) bond motifs is 1. The number of nitro groups is 1. The lowest BCUT2D eigenvalue weighted by Crippen LogP contribution is -2.05. The minimum Gasteiger partial charge on any atom is -0.490 e. The summed E-state index contributed by atoms with van der Waals surface area (Å²) < 4.78 is 18.1. The van der Waals surface area contributed by atoms with Crippen molar-refractivity contribution in [1.82, 2.24) is 0 Å². The van der Waals surface area contributed by atoms with Crippen LogP contribution in [-0.2, 0) is 16.1 Å². The molecule has 0 atom stereocenters. The Balaban J connectivity index is 1.39. The number of halogens is 1. The number of carbonyl (C=O) groups is 1. The van der Waals surface area contributed by atoms with Crippen molar-refractivity contribution in [2.45, 2.75) is 13.5 Å². The van der Waals surface area contributed by atoms with Crippen LogP contribution in [-0.4, -0.2) is 23.4 Å². The normalized spacial score (nSPS) is 13.9. The molecule has 0 aliphatic carbocycles. The molecule has 0 spiro atoms. The molecule has 8 nitrogen and oxygen atoms in total. The van der Waals surface area contributed by atoms with Crippen molar-refractivity contribution < 1.29 is 23.9 Å². The fraction of sp³-hybridized carbons (Fsp3) is 0.103.